The molecule has 0 aliphatic rings. The Hall–Kier alpha value is -1.65. The summed E-state index contributed by atoms with van der Waals surface area (Å²) in [5.74, 6) is -2.61. The van der Waals surface area contributed by atoms with Gasteiger partial charge in [0.15, 0.2) is 0 Å². The van der Waals surface area contributed by atoms with E-state index < -0.39 is 5.92 Å². The first-order valence-electron chi connectivity index (χ1n) is 8.18. The highest BCUT2D eigenvalue weighted by Crippen LogP contribution is 2.35. The number of benzene rings is 1. The molecule has 5 heteroatoms. The number of alkyl halides is 2. The normalized spacial score (nSPS) is 11.3. The van der Waals surface area contributed by atoms with Crippen LogP contribution < -0.4 is 4.74 Å². The van der Waals surface area contributed by atoms with Gasteiger partial charge in [-0.3, -0.25) is 4.79 Å². The van der Waals surface area contributed by atoms with Crippen LogP contribution in [0.15, 0.2) is 24.3 Å². The Morgan fingerprint density at radius 1 is 1.22 bits per heavy atom. The molecule has 130 valence electrons. The summed E-state index contributed by atoms with van der Waals surface area (Å²) >= 11 is 0. The fourth-order valence-corrected chi connectivity index (χ4v) is 2.19. The average molecular weight is 327 g/mol. The minimum absolute atomic E-state index is 0.0530. The van der Waals surface area contributed by atoms with Crippen LogP contribution in [0.4, 0.5) is 8.78 Å². The quantitative estimate of drug-likeness (QED) is 0.588. The maximum atomic E-state index is 14.3. The maximum Gasteiger partial charge on any atom is 0.273 e. The van der Waals surface area contributed by atoms with Gasteiger partial charge in [0.25, 0.3) is 5.92 Å². The monoisotopic (exact) mass is 327 g/mol. The maximum absolute atomic E-state index is 14.3. The van der Waals surface area contributed by atoms with Gasteiger partial charge in [-0.2, -0.15) is 0 Å². The van der Waals surface area contributed by atoms with Crippen molar-refractivity contribution < 1.29 is 18.3 Å². The van der Waals surface area contributed by atoms with Crippen molar-refractivity contribution in [1.82, 2.24) is 4.90 Å². The number of halogens is 2. The molecule has 1 rings (SSSR count). The van der Waals surface area contributed by atoms with Crippen molar-refractivity contribution in [3.05, 3.63) is 29.8 Å². The third kappa shape index (κ3) is 6.97. The molecule has 0 bridgehead atoms. The molecule has 0 spiro atoms. The third-order valence-corrected chi connectivity index (χ3v) is 3.65. The van der Waals surface area contributed by atoms with Gasteiger partial charge >= 0.3 is 0 Å². The largest absolute Gasteiger partial charge is 0.494 e. The summed E-state index contributed by atoms with van der Waals surface area (Å²) < 4.78 is 34.0. The van der Waals surface area contributed by atoms with Gasteiger partial charge in [-0.1, -0.05) is 31.9 Å². The van der Waals surface area contributed by atoms with E-state index in [1.807, 2.05) is 0 Å². The fourth-order valence-electron chi connectivity index (χ4n) is 2.19. The molecule has 0 aromatic heterocycles. The van der Waals surface area contributed by atoms with E-state index in [-0.39, 0.29) is 30.7 Å². The summed E-state index contributed by atoms with van der Waals surface area (Å²) in [6.07, 6.45) is 3.03. The van der Waals surface area contributed by atoms with Crippen LogP contribution >= 0.6 is 0 Å². The number of rotatable bonds is 10. The number of ether oxygens (including phenoxy) is 1. The molecular formula is C18H27F2NO2. The van der Waals surface area contributed by atoms with Crippen LogP contribution in [0.5, 0.6) is 5.75 Å². The molecule has 0 aliphatic carbocycles. The van der Waals surface area contributed by atoms with E-state index in [2.05, 4.69) is 6.92 Å². The second kappa shape index (κ2) is 9.48. The molecule has 1 aromatic carbocycles. The van der Waals surface area contributed by atoms with Gasteiger partial charge in [-0.25, -0.2) is 8.78 Å². The lowest BCUT2D eigenvalue weighted by atomic mass is 10.0. The Morgan fingerprint density at radius 3 is 2.61 bits per heavy atom. The highest BCUT2D eigenvalue weighted by atomic mass is 19.3. The SMILES string of the molecule is CCCCCOc1cccc(C(F)(F)CCCC(=O)N(C)C)c1. The first kappa shape index (κ1) is 19.4. The van der Waals surface area contributed by atoms with Crippen LogP contribution in [0.2, 0.25) is 0 Å². The Balaban J connectivity index is 2.56. The number of hydrogen-bond acceptors (Lipinski definition) is 2. The van der Waals surface area contributed by atoms with E-state index in [9.17, 15) is 13.6 Å². The van der Waals surface area contributed by atoms with Crippen LogP contribution in [0.3, 0.4) is 0 Å². The van der Waals surface area contributed by atoms with Crippen molar-refractivity contribution in [1.29, 1.82) is 0 Å². The summed E-state index contributed by atoms with van der Waals surface area (Å²) in [5.41, 5.74) is -0.0530. The Morgan fingerprint density at radius 2 is 1.96 bits per heavy atom. The van der Waals surface area contributed by atoms with Gasteiger partial charge in [0.2, 0.25) is 5.91 Å². The molecule has 1 amide bonds. The smallest absolute Gasteiger partial charge is 0.273 e. The number of carbonyl (C=O) groups is 1. The van der Waals surface area contributed by atoms with E-state index >= 15 is 0 Å². The van der Waals surface area contributed by atoms with Gasteiger partial charge < -0.3 is 9.64 Å². The van der Waals surface area contributed by atoms with Crippen LogP contribution in [0.25, 0.3) is 0 Å². The van der Waals surface area contributed by atoms with Crippen molar-refractivity contribution in [3.63, 3.8) is 0 Å². The molecule has 0 unspecified atom stereocenters. The van der Waals surface area contributed by atoms with Crippen molar-refractivity contribution in [2.24, 2.45) is 0 Å². The zero-order valence-corrected chi connectivity index (χ0v) is 14.3. The van der Waals surface area contributed by atoms with Gasteiger partial charge in [-0.05, 0) is 25.0 Å². The summed E-state index contributed by atoms with van der Waals surface area (Å²) in [5, 5.41) is 0. The van der Waals surface area contributed by atoms with Crippen molar-refractivity contribution in [3.8, 4) is 5.75 Å². The molecule has 0 saturated carbocycles. The summed E-state index contributed by atoms with van der Waals surface area (Å²) in [6.45, 7) is 2.64. The van der Waals surface area contributed by atoms with Crippen LogP contribution in [-0.4, -0.2) is 31.5 Å². The summed E-state index contributed by atoms with van der Waals surface area (Å²) in [4.78, 5) is 12.9. The van der Waals surface area contributed by atoms with E-state index in [0.29, 0.717) is 12.4 Å². The first-order chi connectivity index (χ1) is 10.9. The molecule has 0 N–H and O–H groups in total. The van der Waals surface area contributed by atoms with Crippen LogP contribution in [-0.2, 0) is 10.7 Å². The number of nitrogens with zero attached hydrogens (tertiary/aromatic N) is 1. The van der Waals surface area contributed by atoms with Gasteiger partial charge in [-0.15, -0.1) is 0 Å². The second-order valence-corrected chi connectivity index (χ2v) is 5.93. The lowest BCUT2D eigenvalue weighted by molar-refractivity contribution is -0.129. The highest BCUT2D eigenvalue weighted by molar-refractivity contribution is 5.75. The predicted octanol–water partition coefficient (Wildman–Crippen LogP) is 4.61. The van der Waals surface area contributed by atoms with Gasteiger partial charge in [0.05, 0.1) is 6.61 Å². The second-order valence-electron chi connectivity index (χ2n) is 5.93. The molecule has 0 fully saturated rings. The minimum Gasteiger partial charge on any atom is -0.494 e. The molecule has 23 heavy (non-hydrogen) atoms. The standard InChI is InChI=1S/C18H27F2NO2/c1-4-5-6-13-23-16-10-7-9-15(14-16)18(19,20)12-8-11-17(22)21(2)3/h7,9-10,14H,4-6,8,11-13H2,1-3H3. The molecule has 0 radical (unpaired) electrons. The van der Waals surface area contributed by atoms with E-state index in [1.54, 1.807) is 26.2 Å². The van der Waals surface area contributed by atoms with Crippen LogP contribution in [0, 0.1) is 0 Å². The highest BCUT2D eigenvalue weighted by Gasteiger charge is 2.31. The Bertz CT molecular complexity index is 490. The lowest BCUT2D eigenvalue weighted by Gasteiger charge is -2.18. The zero-order chi connectivity index (χ0) is 17.3. The van der Waals surface area contributed by atoms with Gasteiger partial charge in [0.1, 0.15) is 5.75 Å². The Kier molecular flexibility index (Phi) is 8.00. The number of carbonyl (C=O) groups excluding carboxylic acids is 1. The summed E-state index contributed by atoms with van der Waals surface area (Å²) in [7, 11) is 3.25. The van der Waals surface area contributed by atoms with Crippen molar-refractivity contribution >= 4 is 5.91 Å². The first-order valence-corrected chi connectivity index (χ1v) is 8.18. The fraction of sp³-hybridized carbons (Fsp3) is 0.611. The lowest BCUT2D eigenvalue weighted by Crippen LogP contribution is -2.22. The molecule has 0 saturated heterocycles. The van der Waals surface area contributed by atoms with E-state index in [4.69, 9.17) is 4.74 Å². The predicted molar refractivity (Wildman–Crippen MR) is 87.9 cm³/mol. The molecule has 0 heterocycles. The molecule has 3 nitrogen and oxygen atoms in total. The third-order valence-electron chi connectivity index (χ3n) is 3.65. The molecule has 0 atom stereocenters. The van der Waals surface area contributed by atoms with Crippen LogP contribution in [0.1, 0.15) is 51.0 Å². The average Bonchev–Trinajstić information content (AvgIpc) is 2.51. The topological polar surface area (TPSA) is 29.5 Å². The molecule has 0 aliphatic heterocycles. The Labute approximate surface area is 137 Å². The zero-order valence-electron chi connectivity index (χ0n) is 14.3. The van der Waals surface area contributed by atoms with Gasteiger partial charge in [0, 0.05) is 32.5 Å². The van der Waals surface area contributed by atoms with Crippen molar-refractivity contribution in [2.75, 3.05) is 20.7 Å². The molecular weight excluding hydrogens is 300 g/mol. The van der Waals surface area contributed by atoms with E-state index in [0.717, 1.165) is 19.3 Å². The minimum atomic E-state index is -2.95. The number of amides is 1. The number of hydrogen-bond donors (Lipinski definition) is 0. The van der Waals surface area contributed by atoms with Crippen molar-refractivity contribution in [2.45, 2.75) is 51.4 Å². The summed E-state index contributed by atoms with van der Waals surface area (Å²) in [6, 6.07) is 6.09. The molecule has 1 aromatic rings. The number of unbranched alkanes of at least 4 members (excludes halogenated alkanes) is 2. The van der Waals surface area contributed by atoms with E-state index in [1.165, 1.54) is 17.0 Å².